The maximum atomic E-state index is 12.2. The second kappa shape index (κ2) is 5.45. The monoisotopic (exact) mass is 273 g/mol. The van der Waals surface area contributed by atoms with Crippen LogP contribution in [0.5, 0.6) is 0 Å². The molecule has 0 radical (unpaired) electrons. The molecule has 0 saturated carbocycles. The summed E-state index contributed by atoms with van der Waals surface area (Å²) in [6.45, 7) is 5.85. The van der Waals surface area contributed by atoms with Gasteiger partial charge in [-0.1, -0.05) is 34.9 Å². The highest BCUT2D eigenvalue weighted by atomic mass is 35.5. The van der Waals surface area contributed by atoms with Crippen molar-refractivity contribution in [1.29, 1.82) is 0 Å². The van der Waals surface area contributed by atoms with E-state index in [1.54, 1.807) is 0 Å². The van der Waals surface area contributed by atoms with E-state index in [0.717, 1.165) is 22.4 Å². The molecule has 0 heterocycles. The van der Waals surface area contributed by atoms with Crippen LogP contribution in [0.4, 0.5) is 5.69 Å². The van der Waals surface area contributed by atoms with Crippen LogP contribution in [0.1, 0.15) is 27.0 Å². The van der Waals surface area contributed by atoms with Gasteiger partial charge in [0.25, 0.3) is 5.91 Å². The molecule has 2 rings (SSSR count). The Morgan fingerprint density at radius 1 is 1.05 bits per heavy atom. The number of nitrogens with one attached hydrogen (secondary N) is 1. The molecule has 19 heavy (non-hydrogen) atoms. The van der Waals surface area contributed by atoms with Crippen LogP contribution in [0.3, 0.4) is 0 Å². The van der Waals surface area contributed by atoms with Crippen molar-refractivity contribution >= 4 is 23.2 Å². The van der Waals surface area contributed by atoms with Crippen LogP contribution in [0.2, 0.25) is 5.02 Å². The van der Waals surface area contributed by atoms with Crippen LogP contribution in [-0.2, 0) is 0 Å². The minimum Gasteiger partial charge on any atom is -0.322 e. The number of aryl methyl sites for hydroxylation is 2. The molecule has 1 N–H and O–H groups in total. The summed E-state index contributed by atoms with van der Waals surface area (Å²) in [5, 5.41) is 3.55. The van der Waals surface area contributed by atoms with Crippen molar-refractivity contribution in [3.63, 3.8) is 0 Å². The second-order valence-corrected chi connectivity index (χ2v) is 5.15. The lowest BCUT2D eigenvalue weighted by molar-refractivity contribution is 0.102. The Hall–Kier alpha value is -1.80. The van der Waals surface area contributed by atoms with Crippen LogP contribution in [0, 0.1) is 20.8 Å². The first kappa shape index (κ1) is 13.6. The smallest absolute Gasteiger partial charge is 0.255 e. The first-order valence-corrected chi connectivity index (χ1v) is 6.50. The normalized spacial score (nSPS) is 10.3. The SMILES string of the molecule is Cc1cc(C)cc(C(=O)Nc2cccc(Cl)c2C)c1. The number of halogens is 1. The van der Waals surface area contributed by atoms with Gasteiger partial charge >= 0.3 is 0 Å². The highest BCUT2D eigenvalue weighted by molar-refractivity contribution is 6.31. The summed E-state index contributed by atoms with van der Waals surface area (Å²) in [7, 11) is 0. The van der Waals surface area contributed by atoms with Gasteiger partial charge < -0.3 is 5.32 Å². The van der Waals surface area contributed by atoms with Crippen molar-refractivity contribution in [3.05, 3.63) is 63.7 Å². The van der Waals surface area contributed by atoms with Gasteiger partial charge in [0.15, 0.2) is 0 Å². The van der Waals surface area contributed by atoms with Gasteiger partial charge in [-0.05, 0) is 50.6 Å². The molecular weight excluding hydrogens is 258 g/mol. The Kier molecular flexibility index (Phi) is 3.91. The van der Waals surface area contributed by atoms with Crippen LogP contribution in [0.25, 0.3) is 0 Å². The molecule has 0 aliphatic heterocycles. The van der Waals surface area contributed by atoms with E-state index in [4.69, 9.17) is 11.6 Å². The number of anilines is 1. The van der Waals surface area contributed by atoms with Gasteiger partial charge in [0.05, 0.1) is 0 Å². The molecule has 0 atom stereocenters. The van der Waals surface area contributed by atoms with Crippen LogP contribution < -0.4 is 5.32 Å². The van der Waals surface area contributed by atoms with Crippen molar-refractivity contribution in [2.24, 2.45) is 0 Å². The molecule has 0 aliphatic rings. The number of amides is 1. The zero-order chi connectivity index (χ0) is 14.0. The minimum atomic E-state index is -0.114. The Morgan fingerprint density at radius 3 is 2.32 bits per heavy atom. The Morgan fingerprint density at radius 2 is 1.68 bits per heavy atom. The third-order valence-corrected chi connectivity index (χ3v) is 3.41. The molecule has 0 aromatic heterocycles. The molecule has 0 bridgehead atoms. The second-order valence-electron chi connectivity index (χ2n) is 4.74. The van der Waals surface area contributed by atoms with Gasteiger partial charge in [-0.15, -0.1) is 0 Å². The van der Waals surface area contributed by atoms with Gasteiger partial charge in [-0.2, -0.15) is 0 Å². The maximum Gasteiger partial charge on any atom is 0.255 e. The minimum absolute atomic E-state index is 0.114. The molecule has 1 amide bonds. The van der Waals surface area contributed by atoms with E-state index in [9.17, 15) is 4.79 Å². The van der Waals surface area contributed by atoms with Gasteiger partial charge in [0, 0.05) is 16.3 Å². The largest absolute Gasteiger partial charge is 0.322 e. The molecule has 0 saturated heterocycles. The summed E-state index contributed by atoms with van der Waals surface area (Å²) in [6, 6.07) is 11.3. The summed E-state index contributed by atoms with van der Waals surface area (Å²) >= 11 is 6.04. The fourth-order valence-corrected chi connectivity index (χ4v) is 2.22. The predicted molar refractivity (Wildman–Crippen MR) is 80.1 cm³/mol. The van der Waals surface area contributed by atoms with Crippen molar-refractivity contribution < 1.29 is 4.79 Å². The van der Waals surface area contributed by atoms with E-state index in [2.05, 4.69) is 5.32 Å². The van der Waals surface area contributed by atoms with E-state index in [1.165, 1.54) is 0 Å². The molecule has 2 aromatic rings. The molecule has 2 nitrogen and oxygen atoms in total. The molecule has 98 valence electrons. The van der Waals surface area contributed by atoms with E-state index in [-0.39, 0.29) is 5.91 Å². The van der Waals surface area contributed by atoms with Crippen molar-refractivity contribution in [3.8, 4) is 0 Å². The summed E-state index contributed by atoms with van der Waals surface area (Å²) in [5.74, 6) is -0.114. The average molecular weight is 274 g/mol. The Balaban J connectivity index is 2.28. The number of carbonyl (C=O) groups excluding carboxylic acids is 1. The van der Waals surface area contributed by atoms with E-state index >= 15 is 0 Å². The van der Waals surface area contributed by atoms with E-state index < -0.39 is 0 Å². The Bertz CT molecular complexity index is 614. The third kappa shape index (κ3) is 3.15. The average Bonchev–Trinajstić information content (AvgIpc) is 2.33. The topological polar surface area (TPSA) is 29.1 Å². The molecule has 0 spiro atoms. The summed E-state index contributed by atoms with van der Waals surface area (Å²) in [6.07, 6.45) is 0. The summed E-state index contributed by atoms with van der Waals surface area (Å²) in [4.78, 5) is 12.2. The quantitative estimate of drug-likeness (QED) is 0.856. The first-order valence-electron chi connectivity index (χ1n) is 6.12. The van der Waals surface area contributed by atoms with Gasteiger partial charge in [-0.25, -0.2) is 0 Å². The fraction of sp³-hybridized carbons (Fsp3) is 0.188. The standard InChI is InChI=1S/C16H16ClNO/c1-10-7-11(2)9-13(8-10)16(19)18-15-6-4-5-14(17)12(15)3/h4-9H,1-3H3,(H,18,19). The van der Waals surface area contributed by atoms with Crippen molar-refractivity contribution in [2.75, 3.05) is 5.32 Å². The van der Waals surface area contributed by atoms with Gasteiger partial charge in [0.2, 0.25) is 0 Å². The number of hydrogen-bond acceptors (Lipinski definition) is 1. The highest BCUT2D eigenvalue weighted by Gasteiger charge is 2.09. The van der Waals surface area contributed by atoms with Gasteiger partial charge in [-0.3, -0.25) is 4.79 Å². The van der Waals surface area contributed by atoms with Crippen LogP contribution >= 0.6 is 11.6 Å². The molecule has 0 fully saturated rings. The summed E-state index contributed by atoms with van der Waals surface area (Å²) in [5.41, 5.74) is 4.44. The first-order chi connectivity index (χ1) is 8.97. The predicted octanol–water partition coefficient (Wildman–Crippen LogP) is 4.52. The van der Waals surface area contributed by atoms with E-state index in [1.807, 2.05) is 57.2 Å². The zero-order valence-electron chi connectivity index (χ0n) is 11.3. The molecular formula is C16H16ClNO. The number of carbonyl (C=O) groups is 1. The molecule has 3 heteroatoms. The maximum absolute atomic E-state index is 12.2. The zero-order valence-corrected chi connectivity index (χ0v) is 12.0. The lowest BCUT2D eigenvalue weighted by Crippen LogP contribution is -2.13. The number of rotatable bonds is 2. The number of hydrogen-bond donors (Lipinski definition) is 1. The molecule has 0 aliphatic carbocycles. The lowest BCUT2D eigenvalue weighted by Gasteiger charge is -2.10. The van der Waals surface area contributed by atoms with Crippen molar-refractivity contribution in [1.82, 2.24) is 0 Å². The highest BCUT2D eigenvalue weighted by Crippen LogP contribution is 2.23. The van der Waals surface area contributed by atoms with Crippen LogP contribution in [0.15, 0.2) is 36.4 Å². The number of benzene rings is 2. The van der Waals surface area contributed by atoms with Gasteiger partial charge in [0.1, 0.15) is 0 Å². The third-order valence-electron chi connectivity index (χ3n) is 3.00. The summed E-state index contributed by atoms with van der Waals surface area (Å²) < 4.78 is 0. The van der Waals surface area contributed by atoms with E-state index in [0.29, 0.717) is 10.6 Å². The lowest BCUT2D eigenvalue weighted by atomic mass is 10.1. The fourth-order valence-electron chi connectivity index (χ4n) is 2.04. The molecule has 0 unspecified atom stereocenters. The van der Waals surface area contributed by atoms with Crippen LogP contribution in [-0.4, -0.2) is 5.91 Å². The Labute approximate surface area is 118 Å². The molecule has 2 aromatic carbocycles. The van der Waals surface area contributed by atoms with Crippen molar-refractivity contribution in [2.45, 2.75) is 20.8 Å².